The summed E-state index contributed by atoms with van der Waals surface area (Å²) in [6.45, 7) is 14.3. The van der Waals surface area contributed by atoms with Gasteiger partial charge in [0.25, 0.3) is 0 Å². The van der Waals surface area contributed by atoms with Gasteiger partial charge in [0.1, 0.15) is 0 Å². The molecule has 12 aromatic carbocycles. The number of hydrogen-bond donors (Lipinski definition) is 0. The second kappa shape index (κ2) is 19.5. The summed E-state index contributed by atoms with van der Waals surface area (Å²) in [5.41, 5.74) is 28.0. The molecule has 0 atom stereocenters. The van der Waals surface area contributed by atoms with Crippen LogP contribution in [0.5, 0.6) is 0 Å². The molecule has 0 aliphatic heterocycles. The first kappa shape index (κ1) is 50.7. The number of hydrogen-bond acceptors (Lipinski definition) is 2. The third-order valence-corrected chi connectivity index (χ3v) is 20.0. The van der Waals surface area contributed by atoms with E-state index in [2.05, 4.69) is 306 Å². The number of nitrogens with zero attached hydrogens (tertiary/aromatic N) is 2. The van der Waals surface area contributed by atoms with Crippen LogP contribution in [0.3, 0.4) is 0 Å². The molecule has 0 amide bonds. The number of fused-ring (bicyclic) bond motifs is 11. The van der Waals surface area contributed by atoms with Crippen molar-refractivity contribution in [3.63, 3.8) is 0 Å². The van der Waals surface area contributed by atoms with E-state index in [4.69, 9.17) is 0 Å². The second-order valence-electron chi connectivity index (χ2n) is 24.1. The minimum absolute atomic E-state index is 0.0354. The fourth-order valence-corrected chi connectivity index (χ4v) is 15.5. The van der Waals surface area contributed by atoms with E-state index in [1.54, 1.807) is 0 Å². The van der Waals surface area contributed by atoms with Gasteiger partial charge in [-0.2, -0.15) is 0 Å². The Morgan fingerprint density at radius 2 is 0.566 bits per heavy atom. The van der Waals surface area contributed by atoms with Crippen LogP contribution in [-0.2, 0) is 16.2 Å². The highest BCUT2D eigenvalue weighted by molar-refractivity contribution is 5.95. The summed E-state index contributed by atoms with van der Waals surface area (Å²) >= 11 is 0. The van der Waals surface area contributed by atoms with Crippen molar-refractivity contribution < 1.29 is 0 Å². The molecule has 402 valence electrons. The molecule has 0 saturated carbocycles. The number of benzene rings is 12. The summed E-state index contributed by atoms with van der Waals surface area (Å²) in [6, 6.07) is 96.7. The summed E-state index contributed by atoms with van der Waals surface area (Å²) in [5, 5.41) is 4.94. The first-order chi connectivity index (χ1) is 40.6. The zero-order valence-corrected chi connectivity index (χ0v) is 48.5. The molecule has 0 fully saturated rings. The topological polar surface area (TPSA) is 6.48 Å². The predicted octanol–water partition coefficient (Wildman–Crippen LogP) is 22.7. The molecule has 0 spiro atoms. The van der Waals surface area contributed by atoms with Gasteiger partial charge in [0.15, 0.2) is 0 Å². The van der Waals surface area contributed by atoms with Crippen LogP contribution in [0.1, 0.15) is 101 Å². The predicted molar refractivity (Wildman–Crippen MR) is 353 cm³/mol. The standard InChI is InChI=1S/C81H68N2/c1-7-80(8-2)73-31-17-15-29-67(73)71-43-39-65(51-77(71)80)82(63-37-33-53-21-11-13-23-55(53)45-63)61-27-19-25-57(47-61)59-35-41-69-70-42-36-60(50-76(70)79(5,6)75(69)49-59)58-26-20-28-62(48-58)83(64-38-34-54-22-12-14-24-56(54)46-64)66-40-44-72-68-30-16-18-32-74(68)81(9-3,10-4)78(72)52-66/h11-52H,7-10H2,1-6H3. The van der Waals surface area contributed by atoms with Crippen LogP contribution in [0.15, 0.2) is 255 Å². The summed E-state index contributed by atoms with van der Waals surface area (Å²) in [5.74, 6) is 0. The zero-order chi connectivity index (χ0) is 56.2. The number of anilines is 6. The highest BCUT2D eigenvalue weighted by Gasteiger charge is 2.43. The van der Waals surface area contributed by atoms with Gasteiger partial charge in [-0.3, -0.25) is 0 Å². The van der Waals surface area contributed by atoms with Crippen LogP contribution < -0.4 is 9.80 Å². The first-order valence-corrected chi connectivity index (χ1v) is 30.2. The lowest BCUT2D eigenvalue weighted by Crippen LogP contribution is -2.23. The lowest BCUT2D eigenvalue weighted by molar-refractivity contribution is 0.490. The van der Waals surface area contributed by atoms with Crippen LogP contribution in [0.25, 0.3) is 77.2 Å². The zero-order valence-electron chi connectivity index (χ0n) is 48.5. The third-order valence-electron chi connectivity index (χ3n) is 20.0. The van der Waals surface area contributed by atoms with Crippen LogP contribution >= 0.6 is 0 Å². The molecule has 83 heavy (non-hydrogen) atoms. The maximum Gasteiger partial charge on any atom is 0.0468 e. The van der Waals surface area contributed by atoms with E-state index in [1.165, 1.54) is 122 Å². The monoisotopic (exact) mass is 1070 g/mol. The summed E-state index contributed by atoms with van der Waals surface area (Å²) in [6.07, 6.45) is 4.19. The van der Waals surface area contributed by atoms with E-state index in [0.717, 1.165) is 48.4 Å². The molecule has 0 saturated heterocycles. The SMILES string of the molecule is CCC1(CC)c2ccccc2-c2ccc(N(c3cccc(-c4ccc5c(c4)C(C)(C)c4cc(-c6cccc(N(c7ccc8c(c7)C(CC)(CC)c7ccccc7-8)c7ccc8ccccc8c7)c6)ccc4-5)c3)c3ccc4ccccc4c3)cc21. The fourth-order valence-electron chi connectivity index (χ4n) is 15.5. The average Bonchev–Trinajstić information content (AvgIpc) is 4.31. The van der Waals surface area contributed by atoms with Gasteiger partial charge < -0.3 is 9.80 Å². The lowest BCUT2D eigenvalue weighted by atomic mass is 9.74. The van der Waals surface area contributed by atoms with Crippen LogP contribution in [0, 0.1) is 0 Å². The van der Waals surface area contributed by atoms with Crippen LogP contribution in [0.4, 0.5) is 34.1 Å². The Balaban J connectivity index is 0.790. The van der Waals surface area contributed by atoms with Crippen molar-refractivity contribution in [3.8, 4) is 55.6 Å². The molecule has 0 N–H and O–H groups in total. The molecule has 0 aromatic heterocycles. The maximum absolute atomic E-state index is 2.50. The molecule has 2 nitrogen and oxygen atoms in total. The Morgan fingerprint density at radius 3 is 1.00 bits per heavy atom. The normalized spacial score (nSPS) is 14.4. The van der Waals surface area contributed by atoms with Crippen molar-refractivity contribution in [1.29, 1.82) is 0 Å². The van der Waals surface area contributed by atoms with Crippen molar-refractivity contribution in [2.45, 2.75) is 83.5 Å². The largest absolute Gasteiger partial charge is 0.310 e. The summed E-state index contributed by atoms with van der Waals surface area (Å²) in [7, 11) is 0. The van der Waals surface area contributed by atoms with Gasteiger partial charge in [-0.15, -0.1) is 0 Å². The minimum Gasteiger partial charge on any atom is -0.310 e. The van der Waals surface area contributed by atoms with Gasteiger partial charge in [0.2, 0.25) is 0 Å². The van der Waals surface area contributed by atoms with Crippen molar-refractivity contribution in [1.82, 2.24) is 0 Å². The number of rotatable bonds is 12. The molecule has 0 heterocycles. The Bertz CT molecular complexity index is 4280. The van der Waals surface area contributed by atoms with Crippen molar-refractivity contribution in [2.24, 2.45) is 0 Å². The summed E-state index contributed by atoms with van der Waals surface area (Å²) in [4.78, 5) is 4.96. The highest BCUT2D eigenvalue weighted by atomic mass is 15.1. The van der Waals surface area contributed by atoms with E-state index >= 15 is 0 Å². The Hall–Kier alpha value is -9.24. The smallest absolute Gasteiger partial charge is 0.0468 e. The minimum atomic E-state index is -0.236. The van der Waals surface area contributed by atoms with Gasteiger partial charge in [0.05, 0.1) is 0 Å². The van der Waals surface area contributed by atoms with Crippen molar-refractivity contribution >= 4 is 55.7 Å². The van der Waals surface area contributed by atoms with Gasteiger partial charge in [0, 0.05) is 50.4 Å². The van der Waals surface area contributed by atoms with Crippen LogP contribution in [0.2, 0.25) is 0 Å². The van der Waals surface area contributed by atoms with Gasteiger partial charge >= 0.3 is 0 Å². The molecule has 2 heteroatoms. The molecule has 0 radical (unpaired) electrons. The third kappa shape index (κ3) is 7.75. The van der Waals surface area contributed by atoms with E-state index in [-0.39, 0.29) is 16.2 Å². The molecule has 15 rings (SSSR count). The van der Waals surface area contributed by atoms with E-state index in [0.29, 0.717) is 0 Å². The molecule has 0 bridgehead atoms. The summed E-state index contributed by atoms with van der Waals surface area (Å²) < 4.78 is 0. The second-order valence-corrected chi connectivity index (χ2v) is 24.1. The van der Waals surface area contributed by atoms with E-state index in [1.807, 2.05) is 0 Å². The average molecular weight is 1070 g/mol. The van der Waals surface area contributed by atoms with Gasteiger partial charge in [-0.1, -0.05) is 211 Å². The molecular weight excluding hydrogens is 1000 g/mol. The molecule has 0 unspecified atom stereocenters. The van der Waals surface area contributed by atoms with Gasteiger partial charge in [-0.05, 0) is 221 Å². The van der Waals surface area contributed by atoms with E-state index < -0.39 is 0 Å². The van der Waals surface area contributed by atoms with E-state index in [9.17, 15) is 0 Å². The quantitative estimate of drug-likeness (QED) is 0.120. The Labute approximate surface area is 490 Å². The lowest BCUT2D eigenvalue weighted by Gasteiger charge is -2.32. The van der Waals surface area contributed by atoms with Crippen LogP contribution in [-0.4, -0.2) is 0 Å². The Kier molecular flexibility index (Phi) is 11.9. The molecule has 12 aromatic rings. The Morgan fingerprint density at radius 1 is 0.241 bits per heavy atom. The van der Waals surface area contributed by atoms with Gasteiger partial charge in [-0.25, -0.2) is 0 Å². The first-order valence-electron chi connectivity index (χ1n) is 30.2. The van der Waals surface area contributed by atoms with Crippen molar-refractivity contribution in [3.05, 3.63) is 288 Å². The molecular formula is C81H68N2. The van der Waals surface area contributed by atoms with Crippen molar-refractivity contribution in [2.75, 3.05) is 9.80 Å². The molecule has 3 aliphatic rings. The maximum atomic E-state index is 2.50. The molecule has 3 aliphatic carbocycles. The highest BCUT2D eigenvalue weighted by Crippen LogP contribution is 2.57. The fraction of sp³-hybridized carbons (Fsp3) is 0.160.